The van der Waals surface area contributed by atoms with Gasteiger partial charge in [-0.3, -0.25) is 9.78 Å². The molecule has 0 fully saturated rings. The van der Waals surface area contributed by atoms with E-state index in [0.717, 1.165) is 11.1 Å². The Morgan fingerprint density at radius 3 is 2.75 bits per heavy atom. The second-order valence-corrected chi connectivity index (χ2v) is 4.03. The number of carbonyl (C=O) groups is 1. The number of carboxylic acids is 1. The minimum Gasteiger partial charge on any atom is -0.481 e. The van der Waals surface area contributed by atoms with E-state index in [0.29, 0.717) is 16.1 Å². The maximum Gasteiger partial charge on any atom is 0.307 e. The summed E-state index contributed by atoms with van der Waals surface area (Å²) in [5, 5.41) is 10.2. The Kier molecular flexibility index (Phi) is 2.79. The fourth-order valence-electron chi connectivity index (χ4n) is 1.64. The Labute approximate surface area is 97.7 Å². The van der Waals surface area contributed by atoms with Crippen LogP contribution < -0.4 is 0 Å². The summed E-state index contributed by atoms with van der Waals surface area (Å²) in [7, 11) is 0. The van der Waals surface area contributed by atoms with Crippen LogP contribution in [0.1, 0.15) is 11.3 Å². The summed E-state index contributed by atoms with van der Waals surface area (Å²) in [6, 6.07) is 7.36. The number of pyridine rings is 1. The first-order valence-electron chi connectivity index (χ1n) is 4.84. The van der Waals surface area contributed by atoms with E-state index in [4.69, 9.17) is 16.7 Å². The average Bonchev–Trinajstić information content (AvgIpc) is 2.22. The van der Waals surface area contributed by atoms with Crippen LogP contribution in [0.25, 0.3) is 10.9 Å². The third-order valence-electron chi connectivity index (χ3n) is 2.38. The lowest BCUT2D eigenvalue weighted by Crippen LogP contribution is -2.02. The number of nitrogens with zero attached hydrogens (tertiary/aromatic N) is 1. The Morgan fingerprint density at radius 2 is 2.06 bits per heavy atom. The van der Waals surface area contributed by atoms with Crippen molar-refractivity contribution in [3.8, 4) is 0 Å². The second kappa shape index (κ2) is 4.10. The van der Waals surface area contributed by atoms with E-state index in [1.807, 2.05) is 25.1 Å². The number of aromatic nitrogens is 1. The number of carboxylic acid groups (broad SMARTS) is 1. The van der Waals surface area contributed by atoms with Crippen molar-refractivity contribution < 1.29 is 9.90 Å². The Bertz CT molecular complexity index is 561. The van der Waals surface area contributed by atoms with E-state index in [2.05, 4.69) is 4.98 Å². The largest absolute Gasteiger partial charge is 0.481 e. The Morgan fingerprint density at radius 1 is 1.38 bits per heavy atom. The fraction of sp³-hybridized carbons (Fsp3) is 0.167. The van der Waals surface area contributed by atoms with Crippen LogP contribution in [-0.4, -0.2) is 16.1 Å². The molecule has 82 valence electrons. The highest BCUT2D eigenvalue weighted by Crippen LogP contribution is 2.25. The second-order valence-electron chi connectivity index (χ2n) is 3.62. The molecule has 4 heteroatoms. The number of hydrogen-bond donors (Lipinski definition) is 1. The maximum atomic E-state index is 10.8. The van der Waals surface area contributed by atoms with Gasteiger partial charge in [-0.1, -0.05) is 23.7 Å². The van der Waals surface area contributed by atoms with Crippen molar-refractivity contribution in [2.75, 3.05) is 0 Å². The molecule has 2 rings (SSSR count). The number of hydrogen-bond acceptors (Lipinski definition) is 2. The number of rotatable bonds is 2. The molecular weight excluding hydrogens is 226 g/mol. The van der Waals surface area contributed by atoms with Gasteiger partial charge in [0.2, 0.25) is 0 Å². The molecule has 0 aliphatic heterocycles. The molecule has 1 N–H and O–H groups in total. The van der Waals surface area contributed by atoms with E-state index < -0.39 is 5.97 Å². The number of aryl methyl sites for hydroxylation is 1. The number of benzene rings is 1. The van der Waals surface area contributed by atoms with Crippen molar-refractivity contribution in [2.24, 2.45) is 0 Å². The zero-order chi connectivity index (χ0) is 11.7. The molecule has 0 aliphatic carbocycles. The van der Waals surface area contributed by atoms with Gasteiger partial charge in [0.15, 0.2) is 0 Å². The molecule has 0 aliphatic rings. The van der Waals surface area contributed by atoms with Crippen LogP contribution in [0.5, 0.6) is 0 Å². The topological polar surface area (TPSA) is 50.2 Å². The van der Waals surface area contributed by atoms with Crippen LogP contribution in [0.15, 0.2) is 24.3 Å². The number of fused-ring (bicyclic) bond motifs is 1. The van der Waals surface area contributed by atoms with Gasteiger partial charge < -0.3 is 5.11 Å². The first-order valence-corrected chi connectivity index (χ1v) is 5.22. The van der Waals surface area contributed by atoms with Crippen LogP contribution in [0.2, 0.25) is 5.02 Å². The lowest BCUT2D eigenvalue weighted by molar-refractivity contribution is -0.136. The highest BCUT2D eigenvalue weighted by molar-refractivity contribution is 6.32. The molecule has 0 saturated heterocycles. The van der Waals surface area contributed by atoms with Crippen molar-refractivity contribution >= 4 is 28.5 Å². The zero-order valence-corrected chi connectivity index (χ0v) is 9.45. The van der Waals surface area contributed by atoms with Crippen LogP contribution in [0.3, 0.4) is 0 Å². The monoisotopic (exact) mass is 235 g/mol. The smallest absolute Gasteiger partial charge is 0.307 e. The van der Waals surface area contributed by atoms with Crippen molar-refractivity contribution in [3.63, 3.8) is 0 Å². The van der Waals surface area contributed by atoms with Gasteiger partial charge in [-0.15, -0.1) is 0 Å². The van der Waals surface area contributed by atoms with Crippen LogP contribution in [0, 0.1) is 6.92 Å². The summed E-state index contributed by atoms with van der Waals surface area (Å²) in [5.41, 5.74) is 2.10. The summed E-state index contributed by atoms with van der Waals surface area (Å²) in [4.78, 5) is 15.1. The maximum absolute atomic E-state index is 10.8. The molecule has 1 aromatic carbocycles. The molecule has 2 aromatic rings. The molecule has 0 radical (unpaired) electrons. The van der Waals surface area contributed by atoms with Crippen molar-refractivity contribution in [3.05, 3.63) is 40.5 Å². The van der Waals surface area contributed by atoms with Crippen LogP contribution >= 0.6 is 11.6 Å². The third-order valence-corrected chi connectivity index (χ3v) is 2.73. The Hall–Kier alpha value is -1.61. The van der Waals surface area contributed by atoms with Gasteiger partial charge in [-0.05, 0) is 19.1 Å². The molecular formula is C12H10ClNO2. The van der Waals surface area contributed by atoms with Gasteiger partial charge >= 0.3 is 5.97 Å². The van der Waals surface area contributed by atoms with E-state index in [9.17, 15) is 4.79 Å². The van der Waals surface area contributed by atoms with Gasteiger partial charge in [-0.25, -0.2) is 0 Å². The predicted molar refractivity (Wildman–Crippen MR) is 62.8 cm³/mol. The van der Waals surface area contributed by atoms with Crippen molar-refractivity contribution in [1.82, 2.24) is 4.98 Å². The van der Waals surface area contributed by atoms with Gasteiger partial charge in [0.1, 0.15) is 0 Å². The van der Waals surface area contributed by atoms with E-state index >= 15 is 0 Å². The average molecular weight is 236 g/mol. The third kappa shape index (κ3) is 1.99. The molecule has 0 amide bonds. The molecule has 3 nitrogen and oxygen atoms in total. The minimum atomic E-state index is -0.905. The fourth-order valence-corrected chi connectivity index (χ4v) is 1.86. The summed E-state index contributed by atoms with van der Waals surface area (Å²) in [6.07, 6.45) is -0.105. The summed E-state index contributed by atoms with van der Waals surface area (Å²) >= 11 is 6.00. The Balaban J connectivity index is 2.72. The molecule has 0 bridgehead atoms. The lowest BCUT2D eigenvalue weighted by Gasteiger charge is -2.06. The van der Waals surface area contributed by atoms with Crippen LogP contribution in [-0.2, 0) is 11.2 Å². The predicted octanol–water partition coefficient (Wildman–Crippen LogP) is 2.82. The van der Waals surface area contributed by atoms with E-state index in [1.165, 1.54) is 0 Å². The summed E-state index contributed by atoms with van der Waals surface area (Å²) in [6.45, 7) is 1.87. The quantitative estimate of drug-likeness (QED) is 0.871. The minimum absolute atomic E-state index is 0.105. The lowest BCUT2D eigenvalue weighted by atomic mass is 10.1. The molecule has 16 heavy (non-hydrogen) atoms. The summed E-state index contributed by atoms with van der Waals surface area (Å²) < 4.78 is 0. The van der Waals surface area contributed by atoms with Gasteiger partial charge in [0.05, 0.1) is 11.9 Å². The van der Waals surface area contributed by atoms with Crippen LogP contribution in [0.4, 0.5) is 0 Å². The normalized spacial score (nSPS) is 10.6. The van der Waals surface area contributed by atoms with E-state index in [-0.39, 0.29) is 6.42 Å². The van der Waals surface area contributed by atoms with Crippen molar-refractivity contribution in [1.29, 1.82) is 0 Å². The standard InChI is InChI=1S/C12H10ClNO2/c1-7-2-3-8-4-5-10(13)9(6-11(15)16)12(8)14-7/h2-5H,6H2,1H3,(H,15,16). The highest BCUT2D eigenvalue weighted by atomic mass is 35.5. The first-order chi connectivity index (χ1) is 7.58. The molecule has 1 aromatic heterocycles. The molecule has 0 spiro atoms. The number of halogens is 1. The van der Waals surface area contributed by atoms with E-state index in [1.54, 1.807) is 6.07 Å². The first kappa shape index (κ1) is 10.9. The number of aliphatic carboxylic acids is 1. The highest BCUT2D eigenvalue weighted by Gasteiger charge is 2.11. The van der Waals surface area contributed by atoms with Crippen molar-refractivity contribution in [2.45, 2.75) is 13.3 Å². The van der Waals surface area contributed by atoms with Gasteiger partial charge in [0.25, 0.3) is 0 Å². The van der Waals surface area contributed by atoms with Gasteiger partial charge in [-0.2, -0.15) is 0 Å². The SMILES string of the molecule is Cc1ccc2ccc(Cl)c(CC(=O)O)c2n1. The molecule has 0 saturated carbocycles. The zero-order valence-electron chi connectivity index (χ0n) is 8.70. The molecule has 0 unspecified atom stereocenters. The molecule has 0 atom stereocenters. The molecule has 1 heterocycles. The summed E-state index contributed by atoms with van der Waals surface area (Å²) in [5.74, 6) is -0.905. The van der Waals surface area contributed by atoms with Gasteiger partial charge in [0, 0.05) is 21.7 Å².